The van der Waals surface area contributed by atoms with E-state index in [0.29, 0.717) is 11.4 Å². The number of nitrogens with one attached hydrogen (secondary N) is 2. The first-order valence-corrected chi connectivity index (χ1v) is 4.31. The van der Waals surface area contributed by atoms with Gasteiger partial charge >= 0.3 is 5.97 Å². The van der Waals surface area contributed by atoms with E-state index >= 15 is 0 Å². The average Bonchev–Trinajstić information content (AvgIpc) is 2.51. The third-order valence-electron chi connectivity index (χ3n) is 2.12. The van der Waals surface area contributed by atoms with E-state index in [9.17, 15) is 9.59 Å². The van der Waals surface area contributed by atoms with Gasteiger partial charge in [0.1, 0.15) is 0 Å². The van der Waals surface area contributed by atoms with Gasteiger partial charge in [0.2, 0.25) is 0 Å². The molecule has 1 heterocycles. The topological polar surface area (TPSA) is 97.2 Å². The summed E-state index contributed by atoms with van der Waals surface area (Å²) in [4.78, 5) is 25.7. The molecule has 6 nitrogen and oxygen atoms in total. The van der Waals surface area contributed by atoms with Crippen LogP contribution >= 0.6 is 0 Å². The molecule has 82 valence electrons. The van der Waals surface area contributed by atoms with Crippen LogP contribution in [0, 0.1) is 13.8 Å². The molecular formula is C9H13N3O3. The van der Waals surface area contributed by atoms with E-state index in [-0.39, 0.29) is 11.1 Å². The molecule has 0 saturated heterocycles. The van der Waals surface area contributed by atoms with Gasteiger partial charge in [-0.2, -0.15) is 0 Å². The van der Waals surface area contributed by atoms with Crippen LogP contribution in [0.4, 0.5) is 0 Å². The molecule has 0 aromatic carbocycles. The molecule has 1 rings (SSSR count). The van der Waals surface area contributed by atoms with Crippen molar-refractivity contribution in [3.05, 3.63) is 22.5 Å². The average molecular weight is 211 g/mol. The van der Waals surface area contributed by atoms with Crippen molar-refractivity contribution in [2.45, 2.75) is 13.8 Å². The lowest BCUT2D eigenvalue weighted by atomic mass is 10.1. The molecule has 1 aromatic heterocycles. The van der Waals surface area contributed by atoms with Gasteiger partial charge in [-0.3, -0.25) is 10.2 Å². The van der Waals surface area contributed by atoms with Crippen LogP contribution in [0.25, 0.3) is 0 Å². The van der Waals surface area contributed by atoms with Crippen molar-refractivity contribution < 1.29 is 14.3 Å². The van der Waals surface area contributed by atoms with Crippen LogP contribution < -0.4 is 11.3 Å². The number of H-pyrrole nitrogens is 1. The van der Waals surface area contributed by atoms with Gasteiger partial charge in [-0.1, -0.05) is 0 Å². The van der Waals surface area contributed by atoms with Crippen LogP contribution in [-0.4, -0.2) is 24.0 Å². The number of ether oxygens (including phenoxy) is 1. The molecule has 0 fully saturated rings. The summed E-state index contributed by atoms with van der Waals surface area (Å²) >= 11 is 0. The second kappa shape index (κ2) is 4.14. The zero-order chi connectivity index (χ0) is 11.6. The number of carbonyl (C=O) groups is 2. The molecule has 0 atom stereocenters. The highest BCUT2D eigenvalue weighted by atomic mass is 16.5. The fourth-order valence-electron chi connectivity index (χ4n) is 1.49. The number of nitrogens with two attached hydrogens (primary N) is 1. The number of aromatic amines is 1. The first kappa shape index (κ1) is 11.3. The lowest BCUT2D eigenvalue weighted by Gasteiger charge is -2.02. The van der Waals surface area contributed by atoms with Gasteiger partial charge in [0, 0.05) is 11.4 Å². The summed E-state index contributed by atoms with van der Waals surface area (Å²) in [6.45, 7) is 3.37. The Bertz CT molecular complexity index is 372. The van der Waals surface area contributed by atoms with Crippen LogP contribution in [0.1, 0.15) is 32.1 Å². The van der Waals surface area contributed by atoms with Gasteiger partial charge in [0.25, 0.3) is 5.91 Å². The number of aromatic nitrogens is 1. The maximum absolute atomic E-state index is 11.4. The van der Waals surface area contributed by atoms with Gasteiger partial charge in [-0.05, 0) is 13.8 Å². The lowest BCUT2D eigenvalue weighted by molar-refractivity contribution is 0.0596. The molecule has 4 N–H and O–H groups in total. The molecule has 0 saturated carbocycles. The second-order valence-corrected chi connectivity index (χ2v) is 3.09. The Morgan fingerprint density at radius 2 is 1.80 bits per heavy atom. The smallest absolute Gasteiger partial charge is 0.340 e. The molecule has 1 aromatic rings. The van der Waals surface area contributed by atoms with Crippen molar-refractivity contribution >= 4 is 11.9 Å². The molecule has 0 aliphatic heterocycles. The maximum Gasteiger partial charge on any atom is 0.340 e. The normalized spacial score (nSPS) is 9.87. The van der Waals surface area contributed by atoms with Crippen molar-refractivity contribution in [3.8, 4) is 0 Å². The van der Waals surface area contributed by atoms with Gasteiger partial charge in [-0.25, -0.2) is 10.6 Å². The van der Waals surface area contributed by atoms with E-state index in [2.05, 4.69) is 9.72 Å². The van der Waals surface area contributed by atoms with Crippen LogP contribution in [0.2, 0.25) is 0 Å². The third kappa shape index (κ3) is 1.84. The van der Waals surface area contributed by atoms with E-state index in [1.165, 1.54) is 7.11 Å². The Morgan fingerprint density at radius 3 is 2.27 bits per heavy atom. The van der Waals surface area contributed by atoms with E-state index in [0.717, 1.165) is 0 Å². The Balaban J connectivity index is 3.35. The van der Waals surface area contributed by atoms with Crippen molar-refractivity contribution in [1.82, 2.24) is 10.4 Å². The van der Waals surface area contributed by atoms with E-state index < -0.39 is 11.9 Å². The van der Waals surface area contributed by atoms with Crippen LogP contribution in [0.5, 0.6) is 0 Å². The highest BCUT2D eigenvalue weighted by Crippen LogP contribution is 2.18. The summed E-state index contributed by atoms with van der Waals surface area (Å²) in [5, 5.41) is 0. The minimum atomic E-state index is -0.560. The Kier molecular flexibility index (Phi) is 3.11. The Morgan fingerprint density at radius 1 is 1.27 bits per heavy atom. The van der Waals surface area contributed by atoms with Crippen molar-refractivity contribution in [3.63, 3.8) is 0 Å². The number of rotatable bonds is 2. The van der Waals surface area contributed by atoms with Crippen LogP contribution in [-0.2, 0) is 4.74 Å². The van der Waals surface area contributed by atoms with E-state index in [1.54, 1.807) is 13.8 Å². The summed E-state index contributed by atoms with van der Waals surface area (Å²) in [6, 6.07) is 0. The van der Waals surface area contributed by atoms with E-state index in [1.807, 2.05) is 5.43 Å². The number of methoxy groups -OCH3 is 1. The number of hydrazine groups is 1. The maximum atomic E-state index is 11.4. The number of esters is 1. The second-order valence-electron chi connectivity index (χ2n) is 3.09. The summed E-state index contributed by atoms with van der Waals surface area (Å²) in [5.74, 6) is 3.95. The molecule has 0 radical (unpaired) electrons. The summed E-state index contributed by atoms with van der Waals surface area (Å²) in [5.41, 5.74) is 3.59. The van der Waals surface area contributed by atoms with Crippen molar-refractivity contribution in [1.29, 1.82) is 0 Å². The molecule has 0 aliphatic rings. The third-order valence-corrected chi connectivity index (χ3v) is 2.12. The summed E-state index contributed by atoms with van der Waals surface area (Å²) in [7, 11) is 1.26. The monoisotopic (exact) mass is 211 g/mol. The fourth-order valence-corrected chi connectivity index (χ4v) is 1.49. The molecule has 0 unspecified atom stereocenters. The van der Waals surface area contributed by atoms with Crippen molar-refractivity contribution in [2.24, 2.45) is 5.84 Å². The quantitative estimate of drug-likeness (QED) is 0.278. The molecule has 0 spiro atoms. The number of hydrogen-bond acceptors (Lipinski definition) is 4. The minimum absolute atomic E-state index is 0.220. The molecule has 0 aliphatic carbocycles. The highest BCUT2D eigenvalue weighted by Gasteiger charge is 2.24. The highest BCUT2D eigenvalue weighted by molar-refractivity contribution is 6.07. The summed E-state index contributed by atoms with van der Waals surface area (Å²) in [6.07, 6.45) is 0. The number of nitrogen functional groups attached to an aromatic ring is 1. The first-order valence-electron chi connectivity index (χ1n) is 4.31. The molecular weight excluding hydrogens is 198 g/mol. The zero-order valence-electron chi connectivity index (χ0n) is 8.80. The molecule has 1 amide bonds. The first-order chi connectivity index (χ1) is 7.02. The van der Waals surface area contributed by atoms with E-state index in [4.69, 9.17) is 5.84 Å². The van der Waals surface area contributed by atoms with Gasteiger partial charge in [-0.15, -0.1) is 0 Å². The van der Waals surface area contributed by atoms with Gasteiger partial charge < -0.3 is 9.72 Å². The SMILES string of the molecule is COC(=O)c1c(C)[nH]c(C)c1C(=O)NN. The number of carbonyl (C=O) groups excluding carboxylic acids is 2. The Labute approximate surface area is 86.8 Å². The number of aryl methyl sites for hydroxylation is 2. The zero-order valence-corrected chi connectivity index (χ0v) is 8.80. The van der Waals surface area contributed by atoms with Gasteiger partial charge in [0.15, 0.2) is 0 Å². The van der Waals surface area contributed by atoms with Gasteiger partial charge in [0.05, 0.1) is 18.2 Å². The fraction of sp³-hybridized carbons (Fsp3) is 0.333. The molecule has 6 heteroatoms. The predicted octanol–water partition coefficient (Wildman–Crippen LogP) is 0.0216. The largest absolute Gasteiger partial charge is 0.465 e. The summed E-state index contributed by atoms with van der Waals surface area (Å²) < 4.78 is 4.59. The number of amides is 1. The minimum Gasteiger partial charge on any atom is -0.465 e. The van der Waals surface area contributed by atoms with Crippen LogP contribution in [0.15, 0.2) is 0 Å². The molecule has 15 heavy (non-hydrogen) atoms. The molecule has 0 bridgehead atoms. The Hall–Kier alpha value is -1.82. The number of hydrogen-bond donors (Lipinski definition) is 3. The lowest BCUT2D eigenvalue weighted by Crippen LogP contribution is -2.31. The van der Waals surface area contributed by atoms with Crippen molar-refractivity contribution in [2.75, 3.05) is 7.11 Å². The standard InChI is InChI=1S/C9H13N3O3/c1-4-6(8(13)12-10)7(5(2)11-4)9(14)15-3/h11H,10H2,1-3H3,(H,12,13). The van der Waals surface area contributed by atoms with Crippen LogP contribution in [0.3, 0.4) is 0 Å². The predicted molar refractivity (Wildman–Crippen MR) is 53.3 cm³/mol.